The summed E-state index contributed by atoms with van der Waals surface area (Å²) in [4.78, 5) is 27.7. The summed E-state index contributed by atoms with van der Waals surface area (Å²) >= 11 is 1.21. The summed E-state index contributed by atoms with van der Waals surface area (Å²) in [7, 11) is 0. The fraction of sp³-hybridized carbons (Fsp3) is 0.615. The van der Waals surface area contributed by atoms with Crippen molar-refractivity contribution in [3.63, 3.8) is 0 Å². The number of carbonyl (C=O) groups is 2. The van der Waals surface area contributed by atoms with E-state index in [9.17, 15) is 9.59 Å². The molecule has 0 fully saturated rings. The molecule has 0 unspecified atom stereocenters. The van der Waals surface area contributed by atoms with Crippen molar-refractivity contribution >= 4 is 28.2 Å². The van der Waals surface area contributed by atoms with Crippen LogP contribution in [-0.4, -0.2) is 29.9 Å². The lowest BCUT2D eigenvalue weighted by Gasteiger charge is -2.00. The fourth-order valence-electron chi connectivity index (χ4n) is 1.54. The van der Waals surface area contributed by atoms with Crippen LogP contribution in [0.15, 0.2) is 0 Å². The minimum Gasteiger partial charge on any atom is -0.461 e. The van der Waals surface area contributed by atoms with Crippen molar-refractivity contribution in [2.24, 2.45) is 0 Å². The number of nitrogens with zero attached hydrogens (tertiary/aromatic N) is 1. The molecule has 0 radical (unpaired) electrons. The van der Waals surface area contributed by atoms with Gasteiger partial charge in [-0.25, -0.2) is 9.78 Å². The number of hydrogen-bond donors (Lipinski definition) is 1. The molecule has 1 rings (SSSR count). The number of anilines is 1. The van der Waals surface area contributed by atoms with E-state index < -0.39 is 5.97 Å². The lowest BCUT2D eigenvalue weighted by molar-refractivity contribution is 0.0517. The highest BCUT2D eigenvalue weighted by Gasteiger charge is 2.21. The molecule has 0 aromatic carbocycles. The van der Waals surface area contributed by atoms with E-state index in [4.69, 9.17) is 4.74 Å². The Morgan fingerprint density at radius 3 is 2.63 bits per heavy atom. The van der Waals surface area contributed by atoms with Gasteiger partial charge in [-0.2, -0.15) is 0 Å². The van der Waals surface area contributed by atoms with Crippen LogP contribution in [0.3, 0.4) is 0 Å². The van der Waals surface area contributed by atoms with Crippen molar-refractivity contribution in [3.05, 3.63) is 10.6 Å². The number of esters is 1. The predicted molar refractivity (Wildman–Crippen MR) is 76.1 cm³/mol. The molecule has 0 atom stereocenters. The van der Waals surface area contributed by atoms with Gasteiger partial charge in [0.2, 0.25) is 0 Å². The van der Waals surface area contributed by atoms with Crippen LogP contribution in [0, 0.1) is 0 Å². The zero-order valence-corrected chi connectivity index (χ0v) is 12.4. The number of carbonyl (C=O) groups excluding carboxylic acids is 2. The average Bonchev–Trinajstić information content (AvgIpc) is 2.79. The summed E-state index contributed by atoms with van der Waals surface area (Å²) in [5.41, 5.74) is 0.123. The zero-order chi connectivity index (χ0) is 14.3. The Morgan fingerprint density at radius 1 is 1.32 bits per heavy atom. The van der Waals surface area contributed by atoms with Gasteiger partial charge in [0.1, 0.15) is 4.88 Å². The maximum Gasteiger partial charge on any atom is 0.358 e. The highest BCUT2D eigenvalue weighted by molar-refractivity contribution is 7.17. The predicted octanol–water partition coefficient (Wildman–Crippen LogP) is 3.12. The Balaban J connectivity index is 2.76. The number of nitrogens with one attached hydrogen (secondary N) is 1. The first-order chi connectivity index (χ1) is 9.10. The molecular weight excluding hydrogens is 264 g/mol. The number of aromatic nitrogens is 1. The van der Waals surface area contributed by atoms with Gasteiger partial charge in [-0.3, -0.25) is 4.79 Å². The van der Waals surface area contributed by atoms with Crippen LogP contribution in [0.5, 0.6) is 0 Å². The SMILES string of the molecule is CCCCCNc1nc(C(=O)OCC)c(C(C)=O)s1. The Kier molecular flexibility index (Phi) is 6.49. The Labute approximate surface area is 117 Å². The summed E-state index contributed by atoms with van der Waals surface area (Å²) < 4.78 is 4.90. The van der Waals surface area contributed by atoms with Gasteiger partial charge in [-0.1, -0.05) is 31.1 Å². The highest BCUT2D eigenvalue weighted by atomic mass is 32.1. The van der Waals surface area contributed by atoms with Gasteiger partial charge in [-0.05, 0) is 13.3 Å². The lowest BCUT2D eigenvalue weighted by atomic mass is 10.2. The molecule has 1 aromatic rings. The van der Waals surface area contributed by atoms with E-state index in [1.54, 1.807) is 6.92 Å². The zero-order valence-electron chi connectivity index (χ0n) is 11.6. The topological polar surface area (TPSA) is 68.3 Å². The summed E-state index contributed by atoms with van der Waals surface area (Å²) in [5, 5.41) is 3.74. The highest BCUT2D eigenvalue weighted by Crippen LogP contribution is 2.24. The van der Waals surface area contributed by atoms with E-state index in [1.165, 1.54) is 18.3 Å². The number of unbranched alkanes of at least 4 members (excludes halogenated alkanes) is 2. The number of ether oxygens (including phenoxy) is 1. The number of rotatable bonds is 8. The second-order valence-electron chi connectivity index (χ2n) is 4.11. The van der Waals surface area contributed by atoms with Crippen molar-refractivity contribution in [2.75, 3.05) is 18.5 Å². The van der Waals surface area contributed by atoms with Crippen molar-refractivity contribution < 1.29 is 14.3 Å². The lowest BCUT2D eigenvalue weighted by Crippen LogP contribution is -2.09. The first-order valence-corrected chi connectivity index (χ1v) is 7.34. The maximum atomic E-state index is 11.7. The van der Waals surface area contributed by atoms with E-state index in [0.717, 1.165) is 25.8 Å². The smallest absolute Gasteiger partial charge is 0.358 e. The van der Waals surface area contributed by atoms with Gasteiger partial charge in [0.05, 0.1) is 6.61 Å². The van der Waals surface area contributed by atoms with Crippen LogP contribution in [0.4, 0.5) is 5.13 Å². The van der Waals surface area contributed by atoms with E-state index in [1.807, 2.05) is 0 Å². The third-order valence-electron chi connectivity index (χ3n) is 2.47. The molecule has 1 N–H and O–H groups in total. The first kappa shape index (κ1) is 15.6. The van der Waals surface area contributed by atoms with Crippen molar-refractivity contribution in [1.29, 1.82) is 0 Å². The van der Waals surface area contributed by atoms with E-state index in [-0.39, 0.29) is 18.1 Å². The normalized spacial score (nSPS) is 10.3. The summed E-state index contributed by atoms with van der Waals surface area (Å²) in [6, 6.07) is 0. The molecule has 19 heavy (non-hydrogen) atoms. The molecule has 1 heterocycles. The number of ketones is 1. The number of hydrogen-bond acceptors (Lipinski definition) is 6. The van der Waals surface area contributed by atoms with Crippen LogP contribution < -0.4 is 5.32 Å². The monoisotopic (exact) mass is 284 g/mol. The molecule has 106 valence electrons. The summed E-state index contributed by atoms with van der Waals surface area (Å²) in [6.07, 6.45) is 3.33. The summed E-state index contributed by atoms with van der Waals surface area (Å²) in [6.45, 7) is 6.35. The van der Waals surface area contributed by atoms with Gasteiger partial charge >= 0.3 is 5.97 Å². The maximum absolute atomic E-state index is 11.7. The minimum atomic E-state index is -0.537. The van der Waals surface area contributed by atoms with Crippen molar-refractivity contribution in [2.45, 2.75) is 40.0 Å². The Bertz CT molecular complexity index is 443. The average molecular weight is 284 g/mol. The molecule has 1 aromatic heterocycles. The molecule has 6 heteroatoms. The van der Waals surface area contributed by atoms with Crippen molar-refractivity contribution in [3.8, 4) is 0 Å². The van der Waals surface area contributed by atoms with Crippen LogP contribution >= 0.6 is 11.3 Å². The fourth-order valence-corrected chi connectivity index (χ4v) is 2.42. The second-order valence-corrected chi connectivity index (χ2v) is 5.11. The molecule has 0 aliphatic rings. The molecule has 0 bridgehead atoms. The third kappa shape index (κ3) is 4.63. The molecule has 0 aliphatic heterocycles. The molecule has 0 aliphatic carbocycles. The summed E-state index contributed by atoms with van der Waals surface area (Å²) in [5.74, 6) is -0.701. The number of Topliss-reactive ketones (excluding diaryl/α,β-unsaturated/α-hetero) is 1. The van der Waals surface area contributed by atoms with Gasteiger partial charge < -0.3 is 10.1 Å². The molecule has 0 saturated heterocycles. The Morgan fingerprint density at radius 2 is 2.05 bits per heavy atom. The van der Waals surface area contributed by atoms with Gasteiger partial charge in [0.25, 0.3) is 0 Å². The van der Waals surface area contributed by atoms with Gasteiger partial charge in [0.15, 0.2) is 16.6 Å². The quantitative estimate of drug-likeness (QED) is 0.451. The molecule has 5 nitrogen and oxygen atoms in total. The van der Waals surface area contributed by atoms with Crippen molar-refractivity contribution in [1.82, 2.24) is 4.98 Å². The molecular formula is C13H20N2O3S. The van der Waals surface area contributed by atoms with E-state index in [2.05, 4.69) is 17.2 Å². The third-order valence-corrected chi connectivity index (χ3v) is 3.59. The van der Waals surface area contributed by atoms with E-state index >= 15 is 0 Å². The van der Waals surface area contributed by atoms with Crippen LogP contribution in [-0.2, 0) is 4.74 Å². The largest absolute Gasteiger partial charge is 0.461 e. The van der Waals surface area contributed by atoms with Crippen LogP contribution in [0.2, 0.25) is 0 Å². The Hall–Kier alpha value is -1.43. The molecule has 0 spiro atoms. The number of thiazole rings is 1. The van der Waals surface area contributed by atoms with Gasteiger partial charge in [-0.15, -0.1) is 0 Å². The standard InChI is InChI=1S/C13H20N2O3S/c1-4-6-7-8-14-13-15-10(12(17)18-5-2)11(19-13)9(3)16/h4-8H2,1-3H3,(H,14,15). The first-order valence-electron chi connectivity index (χ1n) is 6.52. The van der Waals surface area contributed by atoms with Gasteiger partial charge in [0, 0.05) is 13.5 Å². The van der Waals surface area contributed by atoms with Crippen LogP contribution in [0.25, 0.3) is 0 Å². The minimum absolute atomic E-state index is 0.123. The second kappa shape index (κ2) is 7.89. The molecule has 0 saturated carbocycles. The van der Waals surface area contributed by atoms with E-state index in [0.29, 0.717) is 10.0 Å². The van der Waals surface area contributed by atoms with Crippen LogP contribution in [0.1, 0.15) is 60.2 Å². The molecule has 0 amide bonds.